The van der Waals surface area contributed by atoms with Gasteiger partial charge in [0, 0.05) is 24.5 Å². The number of hydrogen-bond acceptors (Lipinski definition) is 2. The van der Waals surface area contributed by atoms with Crippen LogP contribution in [0, 0.1) is 0 Å². The van der Waals surface area contributed by atoms with Crippen LogP contribution >= 0.6 is 0 Å². The molecule has 0 bridgehead atoms. The van der Waals surface area contributed by atoms with Crippen molar-refractivity contribution in [3.8, 4) is 0 Å². The molecule has 3 heteroatoms. The van der Waals surface area contributed by atoms with Crippen LogP contribution < -0.4 is 10.6 Å². The van der Waals surface area contributed by atoms with E-state index in [0.29, 0.717) is 13.0 Å². The fraction of sp³-hybridized carbons (Fsp3) is 0.400. The second-order valence-electron chi connectivity index (χ2n) is 3.42. The van der Waals surface area contributed by atoms with Crippen molar-refractivity contribution in [2.45, 2.75) is 12.6 Å². The molecule has 2 nitrogen and oxygen atoms in total. The van der Waals surface area contributed by atoms with E-state index in [0.717, 1.165) is 17.9 Å². The molecule has 0 aliphatic carbocycles. The van der Waals surface area contributed by atoms with Crippen LogP contribution in [0.4, 0.5) is 15.8 Å². The molecule has 1 fully saturated rings. The summed E-state index contributed by atoms with van der Waals surface area (Å²) < 4.78 is 12.9. The summed E-state index contributed by atoms with van der Waals surface area (Å²) in [6, 6.07) is 7.57. The number of rotatable bonds is 1. The Bertz CT molecular complexity index is 283. The number of anilines is 2. The highest BCUT2D eigenvalue weighted by Crippen LogP contribution is 2.22. The minimum atomic E-state index is -0.669. The summed E-state index contributed by atoms with van der Waals surface area (Å²) in [5.74, 6) is 0. The lowest BCUT2D eigenvalue weighted by Crippen LogP contribution is -2.19. The Morgan fingerprint density at radius 2 is 2.00 bits per heavy atom. The Morgan fingerprint density at radius 3 is 2.54 bits per heavy atom. The lowest BCUT2D eigenvalue weighted by atomic mass is 10.2. The standard InChI is InChI=1S/C10H13FN2/c11-8-5-6-13(7-8)10-3-1-9(12)2-4-10/h1-4,8H,5-7,12H2/t8-/m1/s1. The van der Waals surface area contributed by atoms with Crippen LogP contribution in [0.2, 0.25) is 0 Å². The molecule has 2 rings (SSSR count). The average molecular weight is 180 g/mol. The van der Waals surface area contributed by atoms with Crippen molar-refractivity contribution < 1.29 is 4.39 Å². The van der Waals surface area contributed by atoms with E-state index in [2.05, 4.69) is 0 Å². The van der Waals surface area contributed by atoms with Crippen molar-refractivity contribution in [3.63, 3.8) is 0 Å². The Morgan fingerprint density at radius 1 is 1.31 bits per heavy atom. The van der Waals surface area contributed by atoms with E-state index in [9.17, 15) is 4.39 Å². The first-order valence-corrected chi connectivity index (χ1v) is 4.50. The fourth-order valence-corrected chi connectivity index (χ4v) is 1.64. The number of halogens is 1. The van der Waals surface area contributed by atoms with E-state index in [-0.39, 0.29) is 0 Å². The molecule has 0 amide bonds. The van der Waals surface area contributed by atoms with Gasteiger partial charge in [-0.2, -0.15) is 0 Å². The molecule has 1 aromatic carbocycles. The summed E-state index contributed by atoms with van der Waals surface area (Å²) in [6.07, 6.45) is -0.0257. The van der Waals surface area contributed by atoms with Gasteiger partial charge in [-0.25, -0.2) is 4.39 Å². The molecular weight excluding hydrogens is 167 g/mol. The molecule has 1 atom stereocenters. The van der Waals surface area contributed by atoms with Gasteiger partial charge in [0.2, 0.25) is 0 Å². The van der Waals surface area contributed by atoms with Crippen LogP contribution in [0.25, 0.3) is 0 Å². The second-order valence-corrected chi connectivity index (χ2v) is 3.42. The first-order chi connectivity index (χ1) is 6.25. The van der Waals surface area contributed by atoms with Gasteiger partial charge in [0.1, 0.15) is 6.17 Å². The van der Waals surface area contributed by atoms with Gasteiger partial charge < -0.3 is 10.6 Å². The monoisotopic (exact) mass is 180 g/mol. The quantitative estimate of drug-likeness (QED) is 0.668. The van der Waals surface area contributed by atoms with Crippen LogP contribution in [0.15, 0.2) is 24.3 Å². The molecule has 0 unspecified atom stereocenters. The van der Waals surface area contributed by atoms with E-state index in [1.165, 1.54) is 0 Å². The van der Waals surface area contributed by atoms with Crippen LogP contribution in [-0.2, 0) is 0 Å². The number of nitrogen functional groups attached to an aromatic ring is 1. The third-order valence-corrected chi connectivity index (χ3v) is 2.39. The summed E-state index contributed by atoms with van der Waals surface area (Å²) >= 11 is 0. The lowest BCUT2D eigenvalue weighted by molar-refractivity contribution is 0.364. The van der Waals surface area contributed by atoms with Crippen LogP contribution in [0.5, 0.6) is 0 Å². The van der Waals surface area contributed by atoms with E-state index in [4.69, 9.17) is 5.73 Å². The van der Waals surface area contributed by atoms with Crippen molar-refractivity contribution in [3.05, 3.63) is 24.3 Å². The molecule has 1 aliphatic rings. The number of hydrogen-bond donors (Lipinski definition) is 1. The third-order valence-electron chi connectivity index (χ3n) is 2.39. The number of nitrogens with two attached hydrogens (primary N) is 1. The molecule has 0 spiro atoms. The Labute approximate surface area is 77.2 Å². The first kappa shape index (κ1) is 8.35. The van der Waals surface area contributed by atoms with E-state index >= 15 is 0 Å². The van der Waals surface area contributed by atoms with Crippen molar-refractivity contribution in [1.82, 2.24) is 0 Å². The van der Waals surface area contributed by atoms with Crippen molar-refractivity contribution in [1.29, 1.82) is 0 Å². The SMILES string of the molecule is Nc1ccc(N2CC[C@@H](F)C2)cc1. The highest BCUT2D eigenvalue weighted by Gasteiger charge is 2.21. The smallest absolute Gasteiger partial charge is 0.119 e. The highest BCUT2D eigenvalue weighted by molar-refractivity contribution is 5.53. The van der Waals surface area contributed by atoms with Crippen LogP contribution in [-0.4, -0.2) is 19.3 Å². The summed E-state index contributed by atoms with van der Waals surface area (Å²) in [6.45, 7) is 1.33. The van der Waals surface area contributed by atoms with Gasteiger partial charge in [0.15, 0.2) is 0 Å². The normalized spacial score (nSPS) is 22.2. The lowest BCUT2D eigenvalue weighted by Gasteiger charge is -2.17. The van der Waals surface area contributed by atoms with Crippen molar-refractivity contribution in [2.75, 3.05) is 23.7 Å². The zero-order valence-corrected chi connectivity index (χ0v) is 7.41. The molecule has 70 valence electrons. The Balaban J connectivity index is 2.13. The summed E-state index contributed by atoms with van der Waals surface area (Å²) in [4.78, 5) is 2.05. The summed E-state index contributed by atoms with van der Waals surface area (Å²) in [5.41, 5.74) is 7.37. The fourth-order valence-electron chi connectivity index (χ4n) is 1.64. The number of nitrogens with zero attached hydrogens (tertiary/aromatic N) is 1. The van der Waals surface area contributed by atoms with E-state index in [1.807, 2.05) is 29.2 Å². The summed E-state index contributed by atoms with van der Waals surface area (Å²) in [5, 5.41) is 0. The molecule has 2 N–H and O–H groups in total. The minimum absolute atomic E-state index is 0.518. The van der Waals surface area contributed by atoms with Gasteiger partial charge >= 0.3 is 0 Å². The average Bonchev–Trinajstić information content (AvgIpc) is 2.53. The largest absolute Gasteiger partial charge is 0.399 e. The van der Waals surface area contributed by atoms with Gasteiger partial charge in [-0.05, 0) is 30.7 Å². The predicted octanol–water partition coefficient (Wildman–Crippen LogP) is 1.82. The highest BCUT2D eigenvalue weighted by atomic mass is 19.1. The minimum Gasteiger partial charge on any atom is -0.399 e. The molecule has 13 heavy (non-hydrogen) atoms. The molecule has 0 saturated carbocycles. The third kappa shape index (κ3) is 1.74. The van der Waals surface area contributed by atoms with Gasteiger partial charge in [-0.3, -0.25) is 0 Å². The van der Waals surface area contributed by atoms with Crippen LogP contribution in [0.3, 0.4) is 0 Å². The summed E-state index contributed by atoms with van der Waals surface area (Å²) in [7, 11) is 0. The second kappa shape index (κ2) is 3.24. The molecule has 0 aromatic heterocycles. The topological polar surface area (TPSA) is 29.3 Å². The molecular formula is C10H13FN2. The maximum Gasteiger partial charge on any atom is 0.119 e. The zero-order chi connectivity index (χ0) is 9.26. The zero-order valence-electron chi connectivity index (χ0n) is 7.41. The molecule has 1 heterocycles. The maximum atomic E-state index is 12.9. The van der Waals surface area contributed by atoms with Crippen LogP contribution in [0.1, 0.15) is 6.42 Å². The first-order valence-electron chi connectivity index (χ1n) is 4.50. The van der Waals surface area contributed by atoms with Gasteiger partial charge in [-0.15, -0.1) is 0 Å². The Hall–Kier alpha value is -1.25. The molecule has 1 saturated heterocycles. The molecule has 0 radical (unpaired) electrons. The Kier molecular flexibility index (Phi) is 2.08. The molecule has 1 aromatic rings. The number of benzene rings is 1. The maximum absolute atomic E-state index is 12.9. The molecule has 1 aliphatic heterocycles. The van der Waals surface area contributed by atoms with E-state index < -0.39 is 6.17 Å². The van der Waals surface area contributed by atoms with E-state index in [1.54, 1.807) is 0 Å². The predicted molar refractivity (Wildman–Crippen MR) is 52.6 cm³/mol. The van der Waals surface area contributed by atoms with Gasteiger partial charge in [0.25, 0.3) is 0 Å². The van der Waals surface area contributed by atoms with Gasteiger partial charge in [-0.1, -0.05) is 0 Å². The van der Waals surface area contributed by atoms with Crippen molar-refractivity contribution >= 4 is 11.4 Å². The van der Waals surface area contributed by atoms with Gasteiger partial charge in [0.05, 0.1) is 0 Å². The van der Waals surface area contributed by atoms with Crippen molar-refractivity contribution in [2.24, 2.45) is 0 Å². The number of alkyl halides is 1.